The molecule has 0 unspecified atom stereocenters. The minimum absolute atomic E-state index is 0.425. The van der Waals surface area contributed by atoms with E-state index >= 15 is 0 Å². The fraction of sp³-hybridized carbons (Fsp3) is 0.294. The van der Waals surface area contributed by atoms with Gasteiger partial charge in [0.15, 0.2) is 0 Å². The molecule has 2 rings (SSSR count). The van der Waals surface area contributed by atoms with Gasteiger partial charge in [0, 0.05) is 11.6 Å². The van der Waals surface area contributed by atoms with Crippen LogP contribution >= 0.6 is 11.6 Å². The van der Waals surface area contributed by atoms with Gasteiger partial charge in [-0.1, -0.05) is 37.3 Å². The Morgan fingerprint density at radius 1 is 1.00 bits per heavy atom. The van der Waals surface area contributed by atoms with Gasteiger partial charge >= 0.3 is 0 Å². The van der Waals surface area contributed by atoms with Gasteiger partial charge in [-0.15, -0.1) is 11.6 Å². The Morgan fingerprint density at radius 3 is 2.30 bits per heavy atom. The molecule has 0 fully saturated rings. The van der Waals surface area contributed by atoms with E-state index in [1.54, 1.807) is 7.11 Å². The third kappa shape index (κ3) is 3.67. The predicted molar refractivity (Wildman–Crippen MR) is 82.7 cm³/mol. The normalized spacial score (nSPS) is 10.3. The zero-order valence-corrected chi connectivity index (χ0v) is 12.6. The van der Waals surface area contributed by atoms with Crippen molar-refractivity contribution >= 4 is 11.6 Å². The van der Waals surface area contributed by atoms with Crippen molar-refractivity contribution < 1.29 is 9.47 Å². The van der Waals surface area contributed by atoms with Crippen molar-refractivity contribution in [3.63, 3.8) is 0 Å². The van der Waals surface area contributed by atoms with Crippen LogP contribution in [-0.4, -0.2) is 7.11 Å². The van der Waals surface area contributed by atoms with E-state index in [0.29, 0.717) is 12.5 Å². The third-order valence-electron chi connectivity index (χ3n) is 3.24. The van der Waals surface area contributed by atoms with Crippen LogP contribution in [-0.2, 0) is 18.9 Å². The van der Waals surface area contributed by atoms with Crippen molar-refractivity contribution in [3.8, 4) is 11.5 Å². The molecule has 0 saturated carbocycles. The zero-order chi connectivity index (χ0) is 14.4. The summed E-state index contributed by atoms with van der Waals surface area (Å²) >= 11 is 5.93. The van der Waals surface area contributed by atoms with Gasteiger partial charge in [-0.2, -0.15) is 0 Å². The highest BCUT2D eigenvalue weighted by molar-refractivity contribution is 6.17. The van der Waals surface area contributed by atoms with Crippen LogP contribution in [0.1, 0.15) is 23.6 Å². The fourth-order valence-corrected chi connectivity index (χ4v) is 2.16. The lowest BCUT2D eigenvalue weighted by molar-refractivity contribution is 0.301. The first kappa shape index (κ1) is 14.7. The Hall–Kier alpha value is -1.67. The lowest BCUT2D eigenvalue weighted by Gasteiger charge is -2.12. The summed E-state index contributed by atoms with van der Waals surface area (Å²) in [5.41, 5.74) is 3.44. The molecule has 0 atom stereocenters. The molecule has 106 valence electrons. The first-order chi connectivity index (χ1) is 9.76. The highest BCUT2D eigenvalue weighted by atomic mass is 35.5. The molecular formula is C17H19ClO2. The molecule has 0 aliphatic heterocycles. The van der Waals surface area contributed by atoms with Crippen LogP contribution in [0.3, 0.4) is 0 Å². The first-order valence-electron chi connectivity index (χ1n) is 6.70. The van der Waals surface area contributed by atoms with E-state index < -0.39 is 0 Å². The standard InChI is InChI=1S/C17H19ClO2/c1-3-13-4-6-14(7-5-13)12-20-17-10-16(19-2)9-8-15(17)11-18/h4-10H,3,11-12H2,1-2H3. The monoisotopic (exact) mass is 290 g/mol. The Balaban J connectivity index is 2.08. The van der Waals surface area contributed by atoms with Gasteiger partial charge in [-0.3, -0.25) is 0 Å². The maximum Gasteiger partial charge on any atom is 0.127 e. The molecule has 2 aromatic rings. The summed E-state index contributed by atoms with van der Waals surface area (Å²) in [6.07, 6.45) is 1.05. The average molecular weight is 291 g/mol. The molecule has 2 nitrogen and oxygen atoms in total. The molecule has 0 heterocycles. The van der Waals surface area contributed by atoms with E-state index in [9.17, 15) is 0 Å². The van der Waals surface area contributed by atoms with E-state index in [4.69, 9.17) is 21.1 Å². The number of ether oxygens (including phenoxy) is 2. The lowest BCUT2D eigenvalue weighted by atomic mass is 10.1. The summed E-state index contributed by atoms with van der Waals surface area (Å²) in [4.78, 5) is 0. The molecule has 0 aliphatic rings. The number of hydrogen-bond donors (Lipinski definition) is 0. The molecular weight excluding hydrogens is 272 g/mol. The molecule has 3 heteroatoms. The van der Waals surface area contributed by atoms with Crippen molar-refractivity contribution in [2.75, 3.05) is 7.11 Å². The van der Waals surface area contributed by atoms with E-state index in [1.807, 2.05) is 18.2 Å². The van der Waals surface area contributed by atoms with Gasteiger partial charge in [0.05, 0.1) is 13.0 Å². The zero-order valence-electron chi connectivity index (χ0n) is 11.9. The van der Waals surface area contributed by atoms with Crippen molar-refractivity contribution in [1.29, 1.82) is 0 Å². The summed E-state index contributed by atoms with van der Waals surface area (Å²) in [6, 6.07) is 14.2. The largest absolute Gasteiger partial charge is 0.497 e. The summed E-state index contributed by atoms with van der Waals surface area (Å²) in [7, 11) is 1.64. The van der Waals surface area contributed by atoms with E-state index in [-0.39, 0.29) is 0 Å². The maximum atomic E-state index is 5.93. The summed E-state index contributed by atoms with van der Waals surface area (Å²) < 4.78 is 11.1. The molecule has 0 N–H and O–H groups in total. The van der Waals surface area contributed by atoms with Crippen LogP contribution in [0.2, 0.25) is 0 Å². The van der Waals surface area contributed by atoms with Gasteiger partial charge in [0.1, 0.15) is 18.1 Å². The van der Waals surface area contributed by atoms with E-state index in [1.165, 1.54) is 5.56 Å². The minimum atomic E-state index is 0.425. The summed E-state index contributed by atoms with van der Waals surface area (Å²) in [5, 5.41) is 0. The Kier molecular flexibility index (Phi) is 5.31. The summed E-state index contributed by atoms with van der Waals surface area (Å²) in [5.74, 6) is 1.97. The van der Waals surface area contributed by atoms with Gasteiger partial charge in [0.25, 0.3) is 0 Å². The number of methoxy groups -OCH3 is 1. The number of hydrogen-bond acceptors (Lipinski definition) is 2. The molecule has 0 aliphatic carbocycles. The van der Waals surface area contributed by atoms with Gasteiger partial charge < -0.3 is 9.47 Å². The molecule has 2 aromatic carbocycles. The molecule has 0 spiro atoms. The molecule has 0 saturated heterocycles. The van der Waals surface area contributed by atoms with Crippen molar-refractivity contribution in [2.24, 2.45) is 0 Å². The highest BCUT2D eigenvalue weighted by Gasteiger charge is 2.05. The quantitative estimate of drug-likeness (QED) is 0.725. The van der Waals surface area contributed by atoms with Gasteiger partial charge in [-0.05, 0) is 23.6 Å². The Morgan fingerprint density at radius 2 is 1.70 bits per heavy atom. The van der Waals surface area contributed by atoms with Gasteiger partial charge in [-0.25, -0.2) is 0 Å². The van der Waals surface area contributed by atoms with Crippen LogP contribution in [0.4, 0.5) is 0 Å². The predicted octanol–water partition coefficient (Wildman–Crippen LogP) is 4.58. The molecule has 0 radical (unpaired) electrons. The fourth-order valence-electron chi connectivity index (χ4n) is 1.94. The molecule has 0 amide bonds. The number of halogens is 1. The van der Waals surface area contributed by atoms with Crippen LogP contribution in [0.15, 0.2) is 42.5 Å². The van der Waals surface area contributed by atoms with Crippen molar-refractivity contribution in [2.45, 2.75) is 25.8 Å². The maximum absolute atomic E-state index is 5.93. The second kappa shape index (κ2) is 7.20. The van der Waals surface area contributed by atoms with E-state index in [0.717, 1.165) is 29.0 Å². The number of rotatable bonds is 6. The Bertz CT molecular complexity index is 549. The second-order valence-electron chi connectivity index (χ2n) is 4.57. The first-order valence-corrected chi connectivity index (χ1v) is 7.23. The van der Waals surface area contributed by atoms with Crippen molar-refractivity contribution in [3.05, 3.63) is 59.2 Å². The lowest BCUT2D eigenvalue weighted by Crippen LogP contribution is -1.99. The second-order valence-corrected chi connectivity index (χ2v) is 4.83. The SMILES string of the molecule is CCc1ccc(COc2cc(OC)ccc2CCl)cc1. The number of aryl methyl sites for hydroxylation is 1. The van der Waals surface area contributed by atoms with Crippen molar-refractivity contribution in [1.82, 2.24) is 0 Å². The summed E-state index contributed by atoms with van der Waals surface area (Å²) in [6.45, 7) is 2.68. The molecule has 0 aromatic heterocycles. The minimum Gasteiger partial charge on any atom is -0.497 e. The molecule has 20 heavy (non-hydrogen) atoms. The smallest absolute Gasteiger partial charge is 0.127 e. The number of benzene rings is 2. The number of alkyl halides is 1. The van der Waals surface area contributed by atoms with Crippen LogP contribution in [0, 0.1) is 0 Å². The third-order valence-corrected chi connectivity index (χ3v) is 3.53. The average Bonchev–Trinajstić information content (AvgIpc) is 2.53. The highest BCUT2D eigenvalue weighted by Crippen LogP contribution is 2.27. The van der Waals surface area contributed by atoms with Crippen LogP contribution in [0.25, 0.3) is 0 Å². The van der Waals surface area contributed by atoms with Gasteiger partial charge in [0.2, 0.25) is 0 Å². The van der Waals surface area contributed by atoms with E-state index in [2.05, 4.69) is 31.2 Å². The van der Waals surface area contributed by atoms with Crippen LogP contribution < -0.4 is 9.47 Å². The topological polar surface area (TPSA) is 18.5 Å². The van der Waals surface area contributed by atoms with Crippen LogP contribution in [0.5, 0.6) is 11.5 Å². The Labute approximate surface area is 125 Å². The molecule has 0 bridgehead atoms.